The number of nitrogens with one attached hydrogen (secondary N) is 1. The summed E-state index contributed by atoms with van der Waals surface area (Å²) in [5, 5.41) is 12.4. The van der Waals surface area contributed by atoms with E-state index in [4.69, 9.17) is 4.74 Å². The van der Waals surface area contributed by atoms with Crippen LogP contribution >= 0.6 is 15.9 Å². The summed E-state index contributed by atoms with van der Waals surface area (Å²) in [5.74, 6) is 2.13. The van der Waals surface area contributed by atoms with Crippen molar-refractivity contribution in [2.75, 3.05) is 12.4 Å². The first kappa shape index (κ1) is 15.3. The number of para-hydroxylation sites is 1. The first-order valence-electron chi connectivity index (χ1n) is 6.43. The van der Waals surface area contributed by atoms with Gasteiger partial charge in [0.1, 0.15) is 33.8 Å². The number of aromatic nitrogens is 2. The number of nitriles is 1. The summed E-state index contributed by atoms with van der Waals surface area (Å²) in [5.41, 5.74) is 1.10. The van der Waals surface area contributed by atoms with Crippen LogP contribution in [0.2, 0.25) is 0 Å². The summed E-state index contributed by atoms with van der Waals surface area (Å²) < 4.78 is 5.99. The van der Waals surface area contributed by atoms with Crippen molar-refractivity contribution in [3.05, 3.63) is 40.3 Å². The van der Waals surface area contributed by atoms with Crippen LogP contribution < -0.4 is 10.1 Å². The van der Waals surface area contributed by atoms with Crippen LogP contribution in [0.1, 0.15) is 31.2 Å². The molecule has 0 amide bonds. The minimum absolute atomic E-state index is 0.205. The molecular formula is C15H15BrN4O. The van der Waals surface area contributed by atoms with Crippen LogP contribution in [0.4, 0.5) is 11.5 Å². The summed E-state index contributed by atoms with van der Waals surface area (Å²) in [6, 6.07) is 9.21. The highest BCUT2D eigenvalue weighted by Gasteiger charge is 2.12. The molecular weight excluding hydrogens is 332 g/mol. The van der Waals surface area contributed by atoms with Crippen LogP contribution in [-0.4, -0.2) is 17.1 Å². The number of ether oxygens (including phenoxy) is 1. The third kappa shape index (κ3) is 3.50. The fraction of sp³-hybridized carbons (Fsp3) is 0.267. The highest BCUT2D eigenvalue weighted by molar-refractivity contribution is 9.10. The number of methoxy groups -OCH3 is 1. The van der Waals surface area contributed by atoms with Gasteiger partial charge in [-0.25, -0.2) is 9.97 Å². The molecule has 0 saturated carbocycles. The Balaban J connectivity index is 2.45. The van der Waals surface area contributed by atoms with Crippen LogP contribution in [0, 0.1) is 11.3 Å². The van der Waals surface area contributed by atoms with E-state index in [1.165, 1.54) is 0 Å². The van der Waals surface area contributed by atoms with Crippen LogP contribution in [0.5, 0.6) is 5.75 Å². The predicted molar refractivity (Wildman–Crippen MR) is 84.8 cm³/mol. The molecule has 0 fully saturated rings. The zero-order valence-corrected chi connectivity index (χ0v) is 13.6. The normalized spacial score (nSPS) is 10.3. The molecule has 108 valence electrons. The maximum absolute atomic E-state index is 9.23. The number of hydrogen-bond acceptors (Lipinski definition) is 5. The van der Waals surface area contributed by atoms with E-state index in [1.54, 1.807) is 31.4 Å². The first-order chi connectivity index (χ1) is 10.0. The topological polar surface area (TPSA) is 70.8 Å². The van der Waals surface area contributed by atoms with Gasteiger partial charge in [0.05, 0.1) is 12.7 Å². The van der Waals surface area contributed by atoms with E-state index < -0.39 is 0 Å². The lowest BCUT2D eigenvalue weighted by Gasteiger charge is -2.13. The average Bonchev–Trinajstić information content (AvgIpc) is 2.46. The van der Waals surface area contributed by atoms with Crippen LogP contribution in [0.15, 0.2) is 28.9 Å². The Morgan fingerprint density at radius 3 is 2.71 bits per heavy atom. The zero-order chi connectivity index (χ0) is 15.4. The van der Waals surface area contributed by atoms with Gasteiger partial charge < -0.3 is 10.1 Å². The highest BCUT2D eigenvalue weighted by Crippen LogP contribution is 2.31. The molecule has 0 radical (unpaired) electrons. The molecule has 0 aliphatic rings. The van der Waals surface area contributed by atoms with Gasteiger partial charge >= 0.3 is 0 Å². The lowest BCUT2D eigenvalue weighted by Crippen LogP contribution is -2.04. The van der Waals surface area contributed by atoms with Gasteiger partial charge in [-0.1, -0.05) is 19.9 Å². The molecule has 1 heterocycles. The maximum Gasteiger partial charge on any atom is 0.143 e. The van der Waals surface area contributed by atoms with Gasteiger partial charge in [-0.15, -0.1) is 0 Å². The zero-order valence-electron chi connectivity index (χ0n) is 12.0. The molecule has 1 N–H and O–H groups in total. The quantitative estimate of drug-likeness (QED) is 0.847. The lowest BCUT2D eigenvalue weighted by molar-refractivity contribution is 0.416. The molecule has 0 bridgehead atoms. The van der Waals surface area contributed by atoms with E-state index in [0.29, 0.717) is 27.4 Å². The summed E-state index contributed by atoms with van der Waals surface area (Å²) in [4.78, 5) is 8.79. The third-order valence-corrected chi connectivity index (χ3v) is 3.25. The summed E-state index contributed by atoms with van der Waals surface area (Å²) in [6.45, 7) is 4.05. The second kappa shape index (κ2) is 6.55. The number of rotatable bonds is 4. The fourth-order valence-corrected chi connectivity index (χ4v) is 2.21. The summed E-state index contributed by atoms with van der Waals surface area (Å²) >= 11 is 3.38. The molecule has 5 nitrogen and oxygen atoms in total. The molecule has 1 aromatic carbocycles. The molecule has 1 aromatic heterocycles. The molecule has 2 rings (SSSR count). The van der Waals surface area contributed by atoms with Crippen molar-refractivity contribution < 1.29 is 4.74 Å². The monoisotopic (exact) mass is 346 g/mol. The van der Waals surface area contributed by atoms with Gasteiger partial charge in [-0.05, 0) is 28.1 Å². The molecule has 6 heteroatoms. The Kier molecular flexibility index (Phi) is 4.76. The smallest absolute Gasteiger partial charge is 0.143 e. The molecule has 0 unspecified atom stereocenters. The van der Waals surface area contributed by atoms with Crippen LogP contribution in [-0.2, 0) is 0 Å². The Hall–Kier alpha value is -2.13. The van der Waals surface area contributed by atoms with E-state index in [9.17, 15) is 5.26 Å². The van der Waals surface area contributed by atoms with Crippen molar-refractivity contribution in [3.8, 4) is 11.8 Å². The Morgan fingerprint density at radius 1 is 1.33 bits per heavy atom. The van der Waals surface area contributed by atoms with Gasteiger partial charge in [-0.2, -0.15) is 5.26 Å². The molecule has 2 aromatic rings. The molecule has 0 saturated heterocycles. The van der Waals surface area contributed by atoms with Crippen molar-refractivity contribution in [2.24, 2.45) is 0 Å². The minimum atomic E-state index is 0.205. The van der Waals surface area contributed by atoms with Gasteiger partial charge in [0.25, 0.3) is 0 Å². The van der Waals surface area contributed by atoms with Crippen molar-refractivity contribution in [1.82, 2.24) is 9.97 Å². The van der Waals surface area contributed by atoms with Crippen molar-refractivity contribution >= 4 is 27.4 Å². The van der Waals surface area contributed by atoms with Crippen molar-refractivity contribution in [2.45, 2.75) is 19.8 Å². The van der Waals surface area contributed by atoms with Crippen LogP contribution in [0.3, 0.4) is 0 Å². The lowest BCUT2D eigenvalue weighted by atomic mass is 10.1. The van der Waals surface area contributed by atoms with Crippen molar-refractivity contribution in [1.29, 1.82) is 5.26 Å². The van der Waals surface area contributed by atoms with E-state index in [2.05, 4.69) is 37.3 Å². The highest BCUT2D eigenvalue weighted by atomic mass is 79.9. The molecule has 0 aliphatic carbocycles. The molecule has 0 aliphatic heterocycles. The van der Waals surface area contributed by atoms with Gasteiger partial charge in [0.15, 0.2) is 0 Å². The number of nitrogens with zero attached hydrogens (tertiary/aromatic N) is 3. The number of hydrogen-bond donors (Lipinski definition) is 1. The Labute approximate surface area is 132 Å². The minimum Gasteiger partial charge on any atom is -0.495 e. The van der Waals surface area contributed by atoms with E-state index >= 15 is 0 Å². The van der Waals surface area contributed by atoms with E-state index in [-0.39, 0.29) is 5.92 Å². The SMILES string of the molecule is COc1cccc(C#N)c1Nc1cc(Br)nc(C(C)C)n1. The largest absolute Gasteiger partial charge is 0.495 e. The number of halogens is 1. The molecule has 0 atom stereocenters. The standard InChI is InChI=1S/C15H15BrN4O/c1-9(2)15-18-12(16)7-13(20-15)19-14-10(8-17)5-4-6-11(14)21-3/h4-7,9H,1-3H3,(H,18,19,20). The average molecular weight is 347 g/mol. The maximum atomic E-state index is 9.23. The summed E-state index contributed by atoms with van der Waals surface area (Å²) in [7, 11) is 1.57. The predicted octanol–water partition coefficient (Wildman–Crippen LogP) is 3.99. The van der Waals surface area contributed by atoms with E-state index in [1.807, 2.05) is 13.8 Å². The third-order valence-electron chi connectivity index (χ3n) is 2.85. The fourth-order valence-electron chi connectivity index (χ4n) is 1.81. The Bertz CT molecular complexity index is 695. The van der Waals surface area contributed by atoms with Crippen LogP contribution in [0.25, 0.3) is 0 Å². The van der Waals surface area contributed by atoms with Gasteiger partial charge in [-0.3, -0.25) is 0 Å². The molecule has 21 heavy (non-hydrogen) atoms. The van der Waals surface area contributed by atoms with Gasteiger partial charge in [0, 0.05) is 12.0 Å². The second-order valence-corrected chi connectivity index (χ2v) is 5.52. The van der Waals surface area contributed by atoms with E-state index in [0.717, 1.165) is 5.82 Å². The summed E-state index contributed by atoms with van der Waals surface area (Å²) in [6.07, 6.45) is 0. The first-order valence-corrected chi connectivity index (χ1v) is 7.23. The Morgan fingerprint density at radius 2 is 2.10 bits per heavy atom. The van der Waals surface area contributed by atoms with Gasteiger partial charge in [0.2, 0.25) is 0 Å². The second-order valence-electron chi connectivity index (χ2n) is 4.71. The van der Waals surface area contributed by atoms with Crippen molar-refractivity contribution in [3.63, 3.8) is 0 Å². The molecule has 0 spiro atoms. The number of benzene rings is 1. The number of anilines is 2.